The monoisotopic (exact) mass is 397 g/mol. The van der Waals surface area contributed by atoms with Crippen LogP contribution < -0.4 is 11.2 Å². The van der Waals surface area contributed by atoms with Gasteiger partial charge in [-0.25, -0.2) is 9.18 Å². The number of hydrogen-bond acceptors (Lipinski definition) is 4. The summed E-state index contributed by atoms with van der Waals surface area (Å²) in [5, 5.41) is 0.522. The second kappa shape index (κ2) is 8.31. The molecule has 1 aliphatic heterocycles. The van der Waals surface area contributed by atoms with Crippen LogP contribution in [-0.2, 0) is 17.8 Å². The molecule has 0 amide bonds. The summed E-state index contributed by atoms with van der Waals surface area (Å²) in [6.07, 6.45) is 0. The quantitative estimate of drug-likeness (QED) is 0.661. The zero-order valence-corrected chi connectivity index (χ0v) is 16.4. The molecule has 4 rings (SSSR count). The summed E-state index contributed by atoms with van der Waals surface area (Å²) < 4.78 is 21.5. The summed E-state index contributed by atoms with van der Waals surface area (Å²) >= 11 is 0. The maximum atomic E-state index is 13.2. The van der Waals surface area contributed by atoms with Gasteiger partial charge in [0.1, 0.15) is 5.82 Å². The minimum atomic E-state index is -0.349. The Kier molecular flexibility index (Phi) is 5.60. The number of rotatable bonds is 5. The maximum absolute atomic E-state index is 13.2. The summed E-state index contributed by atoms with van der Waals surface area (Å²) in [5.41, 5.74) is 1.65. The third-order valence-electron chi connectivity index (χ3n) is 5.38. The van der Waals surface area contributed by atoms with Crippen LogP contribution in [0.2, 0.25) is 0 Å². The summed E-state index contributed by atoms with van der Waals surface area (Å²) in [4.78, 5) is 28.6. The van der Waals surface area contributed by atoms with Crippen molar-refractivity contribution in [2.24, 2.45) is 0 Å². The molecule has 7 heteroatoms. The highest BCUT2D eigenvalue weighted by molar-refractivity contribution is 5.78. The van der Waals surface area contributed by atoms with E-state index in [2.05, 4.69) is 4.90 Å². The second-order valence-corrected chi connectivity index (χ2v) is 7.43. The minimum Gasteiger partial charge on any atom is -0.379 e. The smallest absolute Gasteiger partial charge is 0.331 e. The van der Waals surface area contributed by atoms with Gasteiger partial charge < -0.3 is 4.74 Å². The van der Waals surface area contributed by atoms with Crippen molar-refractivity contribution in [3.05, 3.63) is 80.2 Å². The lowest BCUT2D eigenvalue weighted by Crippen LogP contribution is -2.43. The van der Waals surface area contributed by atoms with E-state index < -0.39 is 0 Å². The van der Waals surface area contributed by atoms with Crippen LogP contribution in [0.4, 0.5) is 4.39 Å². The summed E-state index contributed by atoms with van der Waals surface area (Å²) in [6, 6.07) is 11.4. The van der Waals surface area contributed by atoms with Gasteiger partial charge in [0, 0.05) is 26.2 Å². The van der Waals surface area contributed by atoms with E-state index in [4.69, 9.17) is 4.74 Å². The molecular weight excluding hydrogens is 373 g/mol. The van der Waals surface area contributed by atoms with Crippen LogP contribution in [0.3, 0.4) is 0 Å². The van der Waals surface area contributed by atoms with Gasteiger partial charge in [0.15, 0.2) is 0 Å². The van der Waals surface area contributed by atoms with Crippen LogP contribution in [0.5, 0.6) is 0 Å². The van der Waals surface area contributed by atoms with Gasteiger partial charge in [-0.3, -0.25) is 18.8 Å². The third-order valence-corrected chi connectivity index (χ3v) is 5.38. The molecule has 29 heavy (non-hydrogen) atoms. The topological polar surface area (TPSA) is 56.5 Å². The highest BCUT2D eigenvalue weighted by atomic mass is 19.1. The number of aryl methyl sites for hydroxylation is 1. The molecule has 0 N–H and O–H groups in total. The molecule has 0 bridgehead atoms. The van der Waals surface area contributed by atoms with Crippen LogP contribution in [0, 0.1) is 12.7 Å². The maximum Gasteiger partial charge on any atom is 0.331 e. The van der Waals surface area contributed by atoms with Crippen molar-refractivity contribution in [1.29, 1.82) is 0 Å². The van der Waals surface area contributed by atoms with Crippen molar-refractivity contribution >= 4 is 10.9 Å². The number of morpholine rings is 1. The standard InChI is InChI=1S/C22H24FN3O3/c1-16-2-7-20-19(14-16)21(27)26(15-17-3-5-18(23)6-4-17)22(28)25(20)9-8-24-10-12-29-13-11-24/h2-7,14H,8-13,15H2,1H3. The Hall–Kier alpha value is -2.77. The fraction of sp³-hybridized carbons (Fsp3) is 0.364. The molecule has 0 unspecified atom stereocenters. The Morgan fingerprint density at radius 3 is 2.41 bits per heavy atom. The molecule has 0 radical (unpaired) electrons. The Balaban J connectivity index is 1.77. The first-order valence-corrected chi connectivity index (χ1v) is 9.81. The normalized spacial score (nSPS) is 15.1. The van der Waals surface area contributed by atoms with Crippen LogP contribution >= 0.6 is 0 Å². The van der Waals surface area contributed by atoms with Crippen LogP contribution in [0.1, 0.15) is 11.1 Å². The summed E-state index contributed by atoms with van der Waals surface area (Å²) in [7, 11) is 0. The molecule has 1 saturated heterocycles. The van der Waals surface area contributed by atoms with E-state index in [9.17, 15) is 14.0 Å². The lowest BCUT2D eigenvalue weighted by molar-refractivity contribution is 0.0363. The van der Waals surface area contributed by atoms with E-state index in [-0.39, 0.29) is 23.6 Å². The fourth-order valence-corrected chi connectivity index (χ4v) is 3.73. The molecule has 0 aliphatic carbocycles. The van der Waals surface area contributed by atoms with Crippen molar-refractivity contribution in [3.8, 4) is 0 Å². The molecule has 1 aliphatic rings. The van der Waals surface area contributed by atoms with Crippen LogP contribution in [0.25, 0.3) is 10.9 Å². The predicted octanol–water partition coefficient (Wildman–Crippen LogP) is 1.99. The molecule has 1 fully saturated rings. The van der Waals surface area contributed by atoms with Crippen molar-refractivity contribution in [2.45, 2.75) is 20.0 Å². The van der Waals surface area contributed by atoms with Crippen molar-refractivity contribution in [1.82, 2.24) is 14.0 Å². The fourth-order valence-electron chi connectivity index (χ4n) is 3.73. The number of fused-ring (bicyclic) bond motifs is 1. The molecule has 0 saturated carbocycles. The second-order valence-electron chi connectivity index (χ2n) is 7.43. The van der Waals surface area contributed by atoms with E-state index in [1.165, 1.54) is 16.7 Å². The lowest BCUT2D eigenvalue weighted by Gasteiger charge is -2.27. The van der Waals surface area contributed by atoms with Gasteiger partial charge in [0.2, 0.25) is 0 Å². The highest BCUT2D eigenvalue weighted by Crippen LogP contribution is 2.12. The van der Waals surface area contributed by atoms with Crippen LogP contribution in [-0.4, -0.2) is 46.9 Å². The van der Waals surface area contributed by atoms with Gasteiger partial charge in [-0.15, -0.1) is 0 Å². The molecule has 2 heterocycles. The highest BCUT2D eigenvalue weighted by Gasteiger charge is 2.16. The van der Waals surface area contributed by atoms with Gasteiger partial charge in [-0.05, 0) is 36.8 Å². The third kappa shape index (κ3) is 4.16. The van der Waals surface area contributed by atoms with E-state index in [1.807, 2.05) is 25.1 Å². The number of aromatic nitrogens is 2. The van der Waals surface area contributed by atoms with Crippen molar-refractivity contribution < 1.29 is 9.13 Å². The largest absolute Gasteiger partial charge is 0.379 e. The first-order valence-electron chi connectivity index (χ1n) is 9.81. The number of nitrogens with zero attached hydrogens (tertiary/aromatic N) is 3. The molecule has 0 spiro atoms. The zero-order chi connectivity index (χ0) is 20.4. The van der Waals surface area contributed by atoms with E-state index in [0.717, 1.165) is 18.7 Å². The Labute approximate surface area is 167 Å². The van der Waals surface area contributed by atoms with Crippen LogP contribution in [0.15, 0.2) is 52.1 Å². The van der Waals surface area contributed by atoms with E-state index in [1.54, 1.807) is 16.7 Å². The molecule has 0 atom stereocenters. The van der Waals surface area contributed by atoms with E-state index in [0.29, 0.717) is 42.8 Å². The zero-order valence-electron chi connectivity index (χ0n) is 16.4. The van der Waals surface area contributed by atoms with E-state index >= 15 is 0 Å². The first-order chi connectivity index (χ1) is 14.0. The summed E-state index contributed by atoms with van der Waals surface area (Å²) in [5.74, 6) is -0.349. The average molecular weight is 397 g/mol. The minimum absolute atomic E-state index is 0.110. The van der Waals surface area contributed by atoms with Gasteiger partial charge in [0.05, 0.1) is 30.7 Å². The average Bonchev–Trinajstić information content (AvgIpc) is 2.73. The summed E-state index contributed by atoms with van der Waals surface area (Å²) in [6.45, 7) is 6.29. The Morgan fingerprint density at radius 2 is 1.69 bits per heavy atom. The van der Waals surface area contributed by atoms with Crippen molar-refractivity contribution in [2.75, 3.05) is 32.8 Å². The molecule has 3 aromatic rings. The predicted molar refractivity (Wildman–Crippen MR) is 110 cm³/mol. The molecular formula is C22H24FN3O3. The van der Waals surface area contributed by atoms with Gasteiger partial charge in [0.25, 0.3) is 5.56 Å². The first kappa shape index (κ1) is 19.5. The van der Waals surface area contributed by atoms with Gasteiger partial charge >= 0.3 is 5.69 Å². The lowest BCUT2D eigenvalue weighted by atomic mass is 10.1. The molecule has 1 aromatic heterocycles. The Bertz CT molecular complexity index is 1130. The van der Waals surface area contributed by atoms with Gasteiger partial charge in [-0.1, -0.05) is 23.8 Å². The molecule has 6 nitrogen and oxygen atoms in total. The number of hydrogen-bond donors (Lipinski definition) is 0. The number of ether oxygens (including phenoxy) is 1. The van der Waals surface area contributed by atoms with Gasteiger partial charge in [-0.2, -0.15) is 0 Å². The van der Waals surface area contributed by atoms with Crippen molar-refractivity contribution in [3.63, 3.8) is 0 Å². The SMILES string of the molecule is Cc1ccc2c(c1)c(=O)n(Cc1ccc(F)cc1)c(=O)n2CCN1CCOCC1. The Morgan fingerprint density at radius 1 is 0.966 bits per heavy atom. The number of benzene rings is 2. The molecule has 152 valence electrons. The molecule has 2 aromatic carbocycles. The number of halogens is 1.